The minimum atomic E-state index is -0.656. The molecule has 4 aromatic carbocycles. The van der Waals surface area contributed by atoms with E-state index in [1.54, 1.807) is 48.5 Å². The van der Waals surface area contributed by atoms with Crippen molar-refractivity contribution >= 4 is 5.78 Å². The summed E-state index contributed by atoms with van der Waals surface area (Å²) in [6.45, 7) is 0. The summed E-state index contributed by atoms with van der Waals surface area (Å²) in [7, 11) is 1.42. The first-order valence-corrected chi connectivity index (χ1v) is 14.1. The smallest absolute Gasteiger partial charge is 0.174 e. The van der Waals surface area contributed by atoms with Gasteiger partial charge in [-0.2, -0.15) is 0 Å². The third-order valence-electron chi connectivity index (χ3n) is 7.66. The van der Waals surface area contributed by atoms with Crippen molar-refractivity contribution in [2.45, 2.75) is 43.8 Å². The summed E-state index contributed by atoms with van der Waals surface area (Å²) in [4.78, 5) is 13.5. The van der Waals surface area contributed by atoms with Crippen molar-refractivity contribution in [2.75, 3.05) is 7.11 Å². The first-order valence-electron chi connectivity index (χ1n) is 14.1. The zero-order valence-electron chi connectivity index (χ0n) is 23.7. The largest absolute Gasteiger partial charge is 0.508 e. The van der Waals surface area contributed by atoms with E-state index in [1.165, 1.54) is 25.3 Å². The highest BCUT2D eigenvalue weighted by molar-refractivity contribution is 6.03. The molecular formula is C35H34O8. The van der Waals surface area contributed by atoms with Gasteiger partial charge in [-0.1, -0.05) is 48.6 Å². The van der Waals surface area contributed by atoms with Gasteiger partial charge in [-0.3, -0.25) is 4.79 Å². The SMILES string of the molecule is COc1cc(O)c([C@H](/C=C/C[C@@H](O)CCc2ccc(O)cc2)c2ccc(O)cc2)c2c1C(=O)CC(c1ccc(O)cc1)O2. The molecule has 0 fully saturated rings. The fourth-order valence-electron chi connectivity index (χ4n) is 5.36. The summed E-state index contributed by atoms with van der Waals surface area (Å²) in [5.41, 5.74) is 3.00. The molecule has 0 radical (unpaired) electrons. The zero-order chi connectivity index (χ0) is 30.5. The predicted octanol–water partition coefficient (Wildman–Crippen LogP) is 6.30. The quantitative estimate of drug-likeness (QED) is 0.138. The molecule has 0 aliphatic carbocycles. The number of rotatable bonds is 10. The first-order chi connectivity index (χ1) is 20.7. The molecule has 0 bridgehead atoms. The van der Waals surface area contributed by atoms with E-state index in [1.807, 2.05) is 24.3 Å². The van der Waals surface area contributed by atoms with Gasteiger partial charge in [-0.15, -0.1) is 0 Å². The molecule has 0 aromatic heterocycles. The lowest BCUT2D eigenvalue weighted by atomic mass is 9.85. The number of allylic oxidation sites excluding steroid dienone is 1. The molecule has 8 heteroatoms. The van der Waals surface area contributed by atoms with Gasteiger partial charge in [0.2, 0.25) is 0 Å². The van der Waals surface area contributed by atoms with Crippen LogP contribution in [0.25, 0.3) is 0 Å². The van der Waals surface area contributed by atoms with Crippen LogP contribution in [0, 0.1) is 0 Å². The highest BCUT2D eigenvalue weighted by Crippen LogP contribution is 2.50. The van der Waals surface area contributed by atoms with E-state index in [9.17, 15) is 30.3 Å². The van der Waals surface area contributed by atoms with Crippen LogP contribution in [0.3, 0.4) is 0 Å². The molecule has 0 saturated carbocycles. The van der Waals surface area contributed by atoms with E-state index in [4.69, 9.17) is 9.47 Å². The Morgan fingerprint density at radius 1 is 0.907 bits per heavy atom. The lowest BCUT2D eigenvalue weighted by molar-refractivity contribution is 0.0841. The highest BCUT2D eigenvalue weighted by Gasteiger charge is 2.36. The molecule has 0 spiro atoms. The predicted molar refractivity (Wildman–Crippen MR) is 161 cm³/mol. The third kappa shape index (κ3) is 6.76. The summed E-state index contributed by atoms with van der Waals surface area (Å²) in [6.07, 6.45) is 3.91. The number of carbonyl (C=O) groups excluding carboxylic acids is 1. The van der Waals surface area contributed by atoms with Gasteiger partial charge in [0.1, 0.15) is 46.2 Å². The maximum absolute atomic E-state index is 13.5. The van der Waals surface area contributed by atoms with Crippen molar-refractivity contribution in [2.24, 2.45) is 0 Å². The fraction of sp³-hybridized carbons (Fsp3) is 0.229. The van der Waals surface area contributed by atoms with Crippen LogP contribution in [0.4, 0.5) is 0 Å². The molecular weight excluding hydrogens is 548 g/mol. The number of ketones is 1. The molecule has 43 heavy (non-hydrogen) atoms. The standard InChI is InChI=1S/C35H34O8/c1-42-32-20-29(40)33(35-34(32)30(41)19-31(43-35)23-10-17-27(39)18-11-23)28(22-8-15-26(38)16-9-22)4-2-3-24(36)12-5-21-6-13-25(37)14-7-21/h2,4,6-11,13-18,20,24,28,31,36-40H,3,5,12,19H2,1H3/b4-2+/t24-,28-,31?/m1/s1. The van der Waals surface area contributed by atoms with Crippen LogP contribution in [-0.2, 0) is 6.42 Å². The van der Waals surface area contributed by atoms with Crippen molar-refractivity contribution in [1.29, 1.82) is 0 Å². The number of methoxy groups -OCH3 is 1. The van der Waals surface area contributed by atoms with Gasteiger partial charge in [-0.05, 0) is 72.4 Å². The molecule has 0 amide bonds. The van der Waals surface area contributed by atoms with Gasteiger partial charge in [-0.25, -0.2) is 0 Å². The zero-order valence-corrected chi connectivity index (χ0v) is 23.7. The lowest BCUT2D eigenvalue weighted by Crippen LogP contribution is -2.23. The van der Waals surface area contributed by atoms with Crippen molar-refractivity contribution in [3.05, 3.63) is 119 Å². The van der Waals surface area contributed by atoms with E-state index in [0.717, 1.165) is 11.1 Å². The Hall–Kier alpha value is -4.95. The van der Waals surface area contributed by atoms with Crippen molar-refractivity contribution in [3.8, 4) is 34.5 Å². The van der Waals surface area contributed by atoms with E-state index in [2.05, 4.69) is 0 Å². The summed E-state index contributed by atoms with van der Waals surface area (Å²) in [5, 5.41) is 51.2. The van der Waals surface area contributed by atoms with Gasteiger partial charge in [0, 0.05) is 17.5 Å². The van der Waals surface area contributed by atoms with Crippen molar-refractivity contribution in [1.82, 2.24) is 0 Å². The number of fused-ring (bicyclic) bond motifs is 1. The molecule has 4 aromatic rings. The number of aliphatic hydroxyl groups excluding tert-OH is 1. The second-order valence-corrected chi connectivity index (χ2v) is 10.6. The van der Waals surface area contributed by atoms with Gasteiger partial charge >= 0.3 is 0 Å². The van der Waals surface area contributed by atoms with E-state index in [0.29, 0.717) is 30.4 Å². The van der Waals surface area contributed by atoms with Crippen LogP contribution in [0.5, 0.6) is 34.5 Å². The van der Waals surface area contributed by atoms with Crippen LogP contribution in [0.15, 0.2) is 91.0 Å². The van der Waals surface area contributed by atoms with E-state index in [-0.39, 0.29) is 52.3 Å². The summed E-state index contributed by atoms with van der Waals surface area (Å²) in [6, 6.07) is 21.2. The Balaban J connectivity index is 1.49. The third-order valence-corrected chi connectivity index (χ3v) is 7.66. The van der Waals surface area contributed by atoms with Crippen LogP contribution in [-0.4, -0.2) is 44.5 Å². The average molecular weight is 583 g/mol. The number of aryl methyl sites for hydroxylation is 1. The topological polar surface area (TPSA) is 137 Å². The van der Waals surface area contributed by atoms with Crippen LogP contribution in [0.2, 0.25) is 0 Å². The van der Waals surface area contributed by atoms with Crippen LogP contribution in [0.1, 0.15) is 63.9 Å². The minimum Gasteiger partial charge on any atom is -0.508 e. The minimum absolute atomic E-state index is 0.0469. The summed E-state index contributed by atoms with van der Waals surface area (Å²) >= 11 is 0. The van der Waals surface area contributed by atoms with Crippen LogP contribution >= 0.6 is 0 Å². The second kappa shape index (κ2) is 12.9. The number of phenolic OH excluding ortho intramolecular Hbond substituents is 4. The number of hydrogen-bond donors (Lipinski definition) is 5. The Bertz CT molecular complexity index is 1590. The first kappa shape index (κ1) is 29.5. The Labute approximate surface area is 249 Å². The monoisotopic (exact) mass is 582 g/mol. The Kier molecular flexibility index (Phi) is 8.87. The molecule has 5 N–H and O–H groups in total. The van der Waals surface area contributed by atoms with Crippen molar-refractivity contribution in [3.63, 3.8) is 0 Å². The normalized spacial score (nSPS) is 16.0. The number of ether oxygens (including phenoxy) is 2. The van der Waals surface area contributed by atoms with Crippen molar-refractivity contribution < 1.29 is 39.8 Å². The fourth-order valence-corrected chi connectivity index (χ4v) is 5.36. The maximum atomic E-state index is 13.5. The number of aromatic hydroxyl groups is 4. The molecule has 1 unspecified atom stereocenters. The van der Waals surface area contributed by atoms with E-state index >= 15 is 0 Å². The number of aliphatic hydroxyl groups is 1. The number of benzene rings is 4. The molecule has 5 rings (SSSR count). The average Bonchev–Trinajstić information content (AvgIpc) is 3.00. The van der Waals surface area contributed by atoms with Gasteiger partial charge in [0.15, 0.2) is 5.78 Å². The number of phenols is 4. The van der Waals surface area contributed by atoms with Crippen LogP contribution < -0.4 is 9.47 Å². The van der Waals surface area contributed by atoms with Gasteiger partial charge in [0.25, 0.3) is 0 Å². The van der Waals surface area contributed by atoms with Gasteiger partial charge < -0.3 is 35.0 Å². The second-order valence-electron chi connectivity index (χ2n) is 10.6. The lowest BCUT2D eigenvalue weighted by Gasteiger charge is -2.31. The Morgan fingerprint density at radius 3 is 2.14 bits per heavy atom. The number of carbonyl (C=O) groups is 1. The van der Waals surface area contributed by atoms with Gasteiger partial charge in [0.05, 0.1) is 19.6 Å². The Morgan fingerprint density at radius 2 is 1.51 bits per heavy atom. The summed E-state index contributed by atoms with van der Waals surface area (Å²) in [5.74, 6) is -0.191. The molecule has 1 aliphatic rings. The molecule has 1 heterocycles. The maximum Gasteiger partial charge on any atom is 0.174 e. The number of hydrogen-bond acceptors (Lipinski definition) is 8. The molecule has 1 aliphatic heterocycles. The molecule has 0 saturated heterocycles. The highest BCUT2D eigenvalue weighted by atomic mass is 16.5. The molecule has 8 nitrogen and oxygen atoms in total. The molecule has 222 valence electrons. The molecule has 3 atom stereocenters. The summed E-state index contributed by atoms with van der Waals surface area (Å²) < 4.78 is 11.9. The number of Topliss-reactive ketones (excluding diaryl/α,β-unsaturated/α-hetero) is 1. The van der Waals surface area contributed by atoms with E-state index < -0.39 is 18.1 Å².